The summed E-state index contributed by atoms with van der Waals surface area (Å²) in [6.45, 7) is 3.44. The van der Waals surface area contributed by atoms with Crippen LogP contribution in [0.1, 0.15) is 37.4 Å². The molecule has 166 valence electrons. The Morgan fingerprint density at radius 1 is 0.750 bits per heavy atom. The van der Waals surface area contributed by atoms with Crippen molar-refractivity contribution in [2.75, 3.05) is 22.1 Å². The van der Waals surface area contributed by atoms with Crippen molar-refractivity contribution in [3.63, 3.8) is 0 Å². The molecule has 3 aromatic rings. The topological polar surface area (TPSA) is 110 Å². The lowest BCUT2D eigenvalue weighted by molar-refractivity contribution is -0.137. The maximum atomic E-state index is 13.3. The third-order valence-corrected chi connectivity index (χ3v) is 4.83. The Bertz CT molecular complexity index is 1210. The number of nitrogens with two attached hydrogens (primary N) is 2. The van der Waals surface area contributed by atoms with Crippen molar-refractivity contribution in [3.05, 3.63) is 82.4 Å². The van der Waals surface area contributed by atoms with Crippen molar-refractivity contribution in [2.45, 2.75) is 20.0 Å². The molecule has 0 unspecified atom stereocenters. The number of rotatable bonds is 4. The van der Waals surface area contributed by atoms with E-state index in [4.69, 9.17) is 11.5 Å². The van der Waals surface area contributed by atoms with Gasteiger partial charge in [-0.3, -0.25) is 9.59 Å². The summed E-state index contributed by atoms with van der Waals surface area (Å²) in [5, 5.41) is 5.24. The first-order valence-electron chi connectivity index (χ1n) is 9.52. The van der Waals surface area contributed by atoms with Gasteiger partial charge in [0.1, 0.15) is 0 Å². The zero-order chi connectivity index (χ0) is 23.6. The quantitative estimate of drug-likeness (QED) is 0.427. The lowest BCUT2D eigenvalue weighted by Crippen LogP contribution is -2.20. The fraction of sp³-hybridized carbons (Fsp3) is 0.130. The molecule has 0 radical (unpaired) electrons. The van der Waals surface area contributed by atoms with E-state index in [2.05, 4.69) is 10.6 Å². The van der Waals surface area contributed by atoms with Gasteiger partial charge < -0.3 is 22.1 Å². The van der Waals surface area contributed by atoms with Crippen LogP contribution in [0.3, 0.4) is 0 Å². The van der Waals surface area contributed by atoms with E-state index >= 15 is 0 Å². The zero-order valence-corrected chi connectivity index (χ0v) is 17.3. The van der Waals surface area contributed by atoms with Gasteiger partial charge in [-0.05, 0) is 79.6 Å². The average Bonchev–Trinajstić information content (AvgIpc) is 2.70. The van der Waals surface area contributed by atoms with Gasteiger partial charge in [-0.1, -0.05) is 0 Å². The molecular formula is C23H21F3N4O2. The molecule has 0 heterocycles. The van der Waals surface area contributed by atoms with Gasteiger partial charge in [-0.15, -0.1) is 0 Å². The van der Waals surface area contributed by atoms with Gasteiger partial charge >= 0.3 is 6.18 Å². The second-order valence-corrected chi connectivity index (χ2v) is 7.32. The van der Waals surface area contributed by atoms with E-state index in [1.54, 1.807) is 25.1 Å². The number of nitrogen functional groups attached to an aromatic ring is 2. The van der Waals surface area contributed by atoms with Crippen LogP contribution in [0.25, 0.3) is 0 Å². The molecule has 0 aliphatic rings. The number of carbonyl (C=O) groups excluding carboxylic acids is 2. The molecule has 6 nitrogen and oxygen atoms in total. The van der Waals surface area contributed by atoms with Crippen molar-refractivity contribution >= 4 is 34.6 Å². The molecule has 0 aliphatic heterocycles. The molecule has 0 bridgehead atoms. The number of halogens is 3. The number of amides is 2. The molecule has 0 fully saturated rings. The highest BCUT2D eigenvalue weighted by molar-refractivity contribution is 6.07. The maximum absolute atomic E-state index is 13.3. The van der Waals surface area contributed by atoms with E-state index in [1.165, 1.54) is 24.3 Å². The highest BCUT2D eigenvalue weighted by atomic mass is 19.4. The van der Waals surface area contributed by atoms with E-state index in [0.29, 0.717) is 28.6 Å². The summed E-state index contributed by atoms with van der Waals surface area (Å²) < 4.78 is 39.9. The van der Waals surface area contributed by atoms with Crippen LogP contribution in [0, 0.1) is 13.8 Å². The van der Waals surface area contributed by atoms with E-state index in [1.807, 2.05) is 6.92 Å². The molecule has 3 aromatic carbocycles. The monoisotopic (exact) mass is 442 g/mol. The van der Waals surface area contributed by atoms with E-state index < -0.39 is 23.2 Å². The molecule has 0 saturated carbocycles. The normalized spacial score (nSPS) is 11.2. The fourth-order valence-electron chi connectivity index (χ4n) is 3.15. The Morgan fingerprint density at radius 3 is 1.88 bits per heavy atom. The molecule has 0 aromatic heterocycles. The van der Waals surface area contributed by atoms with Crippen molar-refractivity contribution in [2.24, 2.45) is 0 Å². The smallest absolute Gasteiger partial charge is 0.399 e. The standard InChI is InChI=1S/C23H21F3N4O2/c1-12-9-14(21(31)29-20-8-5-15(27)10-13(20)2)3-7-19(12)30-22(32)17-6-4-16(28)11-18(17)23(24,25)26/h3-11H,27-28H2,1-2H3,(H,29,31)(H,30,32). The van der Waals surface area contributed by atoms with Gasteiger partial charge in [-0.2, -0.15) is 13.2 Å². The molecule has 3 rings (SSSR count). The number of alkyl halides is 3. The Hall–Kier alpha value is -4.01. The van der Waals surface area contributed by atoms with E-state index in [0.717, 1.165) is 11.6 Å². The van der Waals surface area contributed by atoms with E-state index in [9.17, 15) is 22.8 Å². The fourth-order valence-corrected chi connectivity index (χ4v) is 3.15. The lowest BCUT2D eigenvalue weighted by atomic mass is 10.0. The van der Waals surface area contributed by atoms with Crippen LogP contribution in [0.4, 0.5) is 35.9 Å². The van der Waals surface area contributed by atoms with Gasteiger partial charge in [0.25, 0.3) is 11.8 Å². The van der Waals surface area contributed by atoms with Crippen molar-refractivity contribution < 1.29 is 22.8 Å². The minimum atomic E-state index is -4.74. The molecule has 6 N–H and O–H groups in total. The van der Waals surface area contributed by atoms with Gasteiger partial charge in [0, 0.05) is 28.3 Å². The Labute approximate surface area is 182 Å². The number of carbonyl (C=O) groups is 2. The summed E-state index contributed by atoms with van der Waals surface area (Å²) in [6, 6.07) is 12.5. The zero-order valence-electron chi connectivity index (χ0n) is 17.3. The third kappa shape index (κ3) is 5.00. The Kier molecular flexibility index (Phi) is 6.11. The first-order valence-corrected chi connectivity index (χ1v) is 9.52. The third-order valence-electron chi connectivity index (χ3n) is 4.83. The highest BCUT2D eigenvalue weighted by Gasteiger charge is 2.35. The molecule has 2 amide bonds. The number of hydrogen-bond donors (Lipinski definition) is 4. The SMILES string of the molecule is Cc1cc(N)ccc1NC(=O)c1ccc(NC(=O)c2ccc(N)cc2C(F)(F)F)c(C)c1. The average molecular weight is 442 g/mol. The Morgan fingerprint density at radius 2 is 1.28 bits per heavy atom. The lowest BCUT2D eigenvalue weighted by Gasteiger charge is -2.15. The Balaban J connectivity index is 1.80. The summed E-state index contributed by atoms with van der Waals surface area (Å²) in [7, 11) is 0. The van der Waals surface area contributed by atoms with E-state index in [-0.39, 0.29) is 17.3 Å². The first kappa shape index (κ1) is 22.7. The number of benzene rings is 3. The van der Waals surface area contributed by atoms with Gasteiger partial charge in [0.15, 0.2) is 0 Å². The summed E-state index contributed by atoms with van der Waals surface area (Å²) in [6.07, 6.45) is -4.74. The van der Waals surface area contributed by atoms with Crippen LogP contribution in [0.2, 0.25) is 0 Å². The maximum Gasteiger partial charge on any atom is 0.417 e. The van der Waals surface area contributed by atoms with Gasteiger partial charge in [0.2, 0.25) is 0 Å². The van der Waals surface area contributed by atoms with Gasteiger partial charge in [-0.25, -0.2) is 0 Å². The predicted octanol–water partition coefficient (Wildman–Crippen LogP) is 4.99. The van der Waals surface area contributed by atoms with Crippen LogP contribution in [-0.4, -0.2) is 11.8 Å². The second kappa shape index (κ2) is 8.62. The van der Waals surface area contributed by atoms with Gasteiger partial charge in [0.05, 0.1) is 11.1 Å². The van der Waals surface area contributed by atoms with Crippen molar-refractivity contribution in [1.82, 2.24) is 0 Å². The molecule has 9 heteroatoms. The molecule has 0 spiro atoms. The molecular weight excluding hydrogens is 421 g/mol. The first-order chi connectivity index (χ1) is 15.0. The largest absolute Gasteiger partial charge is 0.417 e. The van der Waals surface area contributed by atoms with Crippen LogP contribution in [0.15, 0.2) is 54.6 Å². The minimum absolute atomic E-state index is 0.100. The summed E-state index contributed by atoms with van der Waals surface area (Å²) >= 11 is 0. The molecule has 0 aliphatic carbocycles. The number of nitrogens with one attached hydrogen (secondary N) is 2. The minimum Gasteiger partial charge on any atom is -0.399 e. The number of anilines is 4. The molecule has 0 saturated heterocycles. The van der Waals surface area contributed by atoms with Crippen LogP contribution in [-0.2, 0) is 6.18 Å². The highest BCUT2D eigenvalue weighted by Crippen LogP contribution is 2.34. The predicted molar refractivity (Wildman–Crippen MR) is 119 cm³/mol. The second-order valence-electron chi connectivity index (χ2n) is 7.32. The van der Waals surface area contributed by atoms with Crippen molar-refractivity contribution in [3.8, 4) is 0 Å². The number of aryl methyl sites for hydroxylation is 2. The van der Waals surface area contributed by atoms with Crippen LogP contribution < -0.4 is 22.1 Å². The molecule has 32 heavy (non-hydrogen) atoms. The summed E-state index contributed by atoms with van der Waals surface area (Å²) in [5.41, 5.74) is 12.5. The summed E-state index contributed by atoms with van der Waals surface area (Å²) in [4.78, 5) is 25.1. The number of hydrogen-bond acceptors (Lipinski definition) is 4. The van der Waals surface area contributed by atoms with Crippen LogP contribution in [0.5, 0.6) is 0 Å². The van der Waals surface area contributed by atoms with Crippen LogP contribution >= 0.6 is 0 Å². The van der Waals surface area contributed by atoms with Crippen molar-refractivity contribution in [1.29, 1.82) is 0 Å². The summed E-state index contributed by atoms with van der Waals surface area (Å²) in [5.74, 6) is -1.31. The molecule has 0 atom stereocenters.